The molecule has 0 radical (unpaired) electrons. The van der Waals surface area contributed by atoms with Crippen LogP contribution in [0.2, 0.25) is 0 Å². The van der Waals surface area contributed by atoms with E-state index in [1.54, 1.807) is 0 Å². The highest BCUT2D eigenvalue weighted by Crippen LogP contribution is 2.26. The number of hydrogen-bond acceptors (Lipinski definition) is 1. The molecule has 0 spiro atoms. The van der Waals surface area contributed by atoms with E-state index >= 15 is 0 Å². The van der Waals surface area contributed by atoms with E-state index in [4.69, 9.17) is 0 Å². The van der Waals surface area contributed by atoms with E-state index in [1.165, 1.54) is 12.8 Å². The lowest BCUT2D eigenvalue weighted by Gasteiger charge is -2.10. The van der Waals surface area contributed by atoms with Gasteiger partial charge in [-0.05, 0) is 24.7 Å². The van der Waals surface area contributed by atoms with Crippen molar-refractivity contribution in [3.63, 3.8) is 0 Å². The van der Waals surface area contributed by atoms with Gasteiger partial charge in [0.05, 0.1) is 6.10 Å². The quantitative estimate of drug-likeness (QED) is 0.514. The van der Waals surface area contributed by atoms with Gasteiger partial charge in [0.1, 0.15) is 0 Å². The summed E-state index contributed by atoms with van der Waals surface area (Å²) in [6.07, 6.45) is 4.62. The second-order valence-electron chi connectivity index (χ2n) is 3.91. The Hall–Kier alpha value is -0.0400. The minimum absolute atomic E-state index is 0.0208. The molecule has 0 saturated heterocycles. The lowest BCUT2D eigenvalue weighted by molar-refractivity contribution is 0.134. The van der Waals surface area contributed by atoms with Crippen LogP contribution in [0.3, 0.4) is 0 Å². The van der Waals surface area contributed by atoms with Crippen molar-refractivity contribution in [1.29, 1.82) is 0 Å². The third-order valence-electron chi connectivity index (χ3n) is 2.50. The van der Waals surface area contributed by atoms with Crippen LogP contribution < -0.4 is 0 Å². The Morgan fingerprint density at radius 2 is 1.40 bits per heavy atom. The molecule has 1 aliphatic carbocycles. The normalized spacial score (nSPS) is 42.9. The van der Waals surface area contributed by atoms with Crippen LogP contribution in [0.15, 0.2) is 0 Å². The van der Waals surface area contributed by atoms with Crippen LogP contribution in [-0.4, -0.2) is 11.2 Å². The molecule has 0 aromatic heterocycles. The van der Waals surface area contributed by atoms with Gasteiger partial charge in [0, 0.05) is 0 Å². The average Bonchev–Trinajstić information content (AvgIpc) is 1.93. The summed E-state index contributed by atoms with van der Waals surface area (Å²) in [5.74, 6) is 1.47. The largest absolute Gasteiger partial charge is 0.393 e. The van der Waals surface area contributed by atoms with Gasteiger partial charge in [-0.3, -0.25) is 0 Å². The standard InChI is InChI=1S/C9H18O/c1-7-3-4-8(2)6-9(10)5-7/h7-10H,3-6H2,1-2H3/t7-,8+,9?. The fourth-order valence-corrected chi connectivity index (χ4v) is 1.83. The van der Waals surface area contributed by atoms with E-state index in [9.17, 15) is 5.11 Å². The van der Waals surface area contributed by atoms with Crippen molar-refractivity contribution >= 4 is 0 Å². The molecule has 1 heteroatoms. The van der Waals surface area contributed by atoms with Crippen LogP contribution >= 0.6 is 0 Å². The van der Waals surface area contributed by atoms with Crippen molar-refractivity contribution in [2.45, 2.75) is 45.6 Å². The Morgan fingerprint density at radius 1 is 1.00 bits per heavy atom. The number of rotatable bonds is 0. The molecule has 0 aromatic carbocycles. The number of aliphatic hydroxyl groups is 1. The first kappa shape index (κ1) is 8.06. The molecule has 0 aromatic rings. The van der Waals surface area contributed by atoms with Crippen molar-refractivity contribution in [3.05, 3.63) is 0 Å². The Bertz CT molecular complexity index is 88.9. The van der Waals surface area contributed by atoms with E-state index in [-0.39, 0.29) is 6.10 Å². The van der Waals surface area contributed by atoms with E-state index in [2.05, 4.69) is 13.8 Å². The molecular formula is C9H18O. The molecule has 1 aliphatic rings. The smallest absolute Gasteiger partial charge is 0.0545 e. The lowest BCUT2D eigenvalue weighted by Crippen LogP contribution is -2.10. The Kier molecular flexibility index (Phi) is 2.72. The molecular weight excluding hydrogens is 124 g/mol. The van der Waals surface area contributed by atoms with Gasteiger partial charge in [-0.15, -0.1) is 0 Å². The van der Waals surface area contributed by atoms with E-state index < -0.39 is 0 Å². The topological polar surface area (TPSA) is 20.2 Å². The third kappa shape index (κ3) is 2.30. The van der Waals surface area contributed by atoms with E-state index in [0.717, 1.165) is 24.7 Å². The van der Waals surface area contributed by atoms with Crippen molar-refractivity contribution < 1.29 is 5.11 Å². The average molecular weight is 142 g/mol. The fraction of sp³-hybridized carbons (Fsp3) is 1.00. The summed E-state index contributed by atoms with van der Waals surface area (Å²) in [6, 6.07) is 0. The highest BCUT2D eigenvalue weighted by molar-refractivity contribution is 4.70. The summed E-state index contributed by atoms with van der Waals surface area (Å²) in [6.45, 7) is 4.47. The summed E-state index contributed by atoms with van der Waals surface area (Å²) in [7, 11) is 0. The monoisotopic (exact) mass is 142 g/mol. The summed E-state index contributed by atoms with van der Waals surface area (Å²) in [5.41, 5.74) is 0. The zero-order valence-corrected chi connectivity index (χ0v) is 7.01. The van der Waals surface area contributed by atoms with Gasteiger partial charge in [0.25, 0.3) is 0 Å². The summed E-state index contributed by atoms with van der Waals surface area (Å²) < 4.78 is 0. The molecule has 1 fully saturated rings. The Balaban J connectivity index is 2.38. The summed E-state index contributed by atoms with van der Waals surface area (Å²) in [4.78, 5) is 0. The fourth-order valence-electron chi connectivity index (χ4n) is 1.83. The molecule has 1 N–H and O–H groups in total. The lowest BCUT2D eigenvalue weighted by atomic mass is 10.0. The first-order valence-electron chi connectivity index (χ1n) is 4.36. The molecule has 0 heterocycles. The van der Waals surface area contributed by atoms with Crippen LogP contribution in [0, 0.1) is 11.8 Å². The van der Waals surface area contributed by atoms with Crippen LogP contribution in [-0.2, 0) is 0 Å². The summed E-state index contributed by atoms with van der Waals surface area (Å²) >= 11 is 0. The Labute approximate surface area is 63.4 Å². The molecule has 1 unspecified atom stereocenters. The molecule has 3 atom stereocenters. The molecule has 60 valence electrons. The minimum atomic E-state index is -0.0208. The highest BCUT2D eigenvalue weighted by Gasteiger charge is 2.18. The molecule has 1 saturated carbocycles. The number of hydrogen-bond donors (Lipinski definition) is 1. The second kappa shape index (κ2) is 3.38. The van der Waals surface area contributed by atoms with E-state index in [1.807, 2.05) is 0 Å². The van der Waals surface area contributed by atoms with Gasteiger partial charge >= 0.3 is 0 Å². The maximum atomic E-state index is 9.43. The SMILES string of the molecule is C[C@@H]1CC[C@H](C)CC(O)C1. The van der Waals surface area contributed by atoms with Crippen LogP contribution in [0.1, 0.15) is 39.5 Å². The van der Waals surface area contributed by atoms with Crippen LogP contribution in [0.4, 0.5) is 0 Å². The second-order valence-corrected chi connectivity index (χ2v) is 3.91. The minimum Gasteiger partial charge on any atom is -0.393 e. The predicted molar refractivity (Wildman–Crippen MR) is 42.8 cm³/mol. The highest BCUT2D eigenvalue weighted by atomic mass is 16.3. The van der Waals surface area contributed by atoms with Gasteiger partial charge in [-0.25, -0.2) is 0 Å². The van der Waals surface area contributed by atoms with E-state index in [0.29, 0.717) is 0 Å². The summed E-state index contributed by atoms with van der Waals surface area (Å²) in [5, 5.41) is 9.43. The van der Waals surface area contributed by atoms with Crippen molar-refractivity contribution in [2.75, 3.05) is 0 Å². The van der Waals surface area contributed by atoms with Crippen molar-refractivity contribution in [2.24, 2.45) is 11.8 Å². The first-order chi connectivity index (χ1) is 4.68. The zero-order valence-electron chi connectivity index (χ0n) is 7.01. The predicted octanol–water partition coefficient (Wildman–Crippen LogP) is 2.19. The maximum absolute atomic E-state index is 9.43. The van der Waals surface area contributed by atoms with Crippen LogP contribution in [0.25, 0.3) is 0 Å². The zero-order chi connectivity index (χ0) is 7.56. The first-order valence-corrected chi connectivity index (χ1v) is 4.36. The Morgan fingerprint density at radius 3 is 1.80 bits per heavy atom. The molecule has 1 rings (SSSR count). The van der Waals surface area contributed by atoms with Gasteiger partial charge in [-0.2, -0.15) is 0 Å². The van der Waals surface area contributed by atoms with Gasteiger partial charge < -0.3 is 5.11 Å². The van der Waals surface area contributed by atoms with Gasteiger partial charge in [0.15, 0.2) is 0 Å². The molecule has 0 aliphatic heterocycles. The molecule has 1 nitrogen and oxygen atoms in total. The van der Waals surface area contributed by atoms with Crippen molar-refractivity contribution in [3.8, 4) is 0 Å². The molecule has 10 heavy (non-hydrogen) atoms. The maximum Gasteiger partial charge on any atom is 0.0545 e. The van der Waals surface area contributed by atoms with Gasteiger partial charge in [-0.1, -0.05) is 26.7 Å². The van der Waals surface area contributed by atoms with Crippen LogP contribution in [0.5, 0.6) is 0 Å². The molecule has 0 bridgehead atoms. The van der Waals surface area contributed by atoms with Gasteiger partial charge in [0.2, 0.25) is 0 Å². The third-order valence-corrected chi connectivity index (χ3v) is 2.50. The number of aliphatic hydroxyl groups excluding tert-OH is 1. The van der Waals surface area contributed by atoms with Crippen molar-refractivity contribution in [1.82, 2.24) is 0 Å². The molecule has 0 amide bonds.